The van der Waals surface area contributed by atoms with Crippen LogP contribution in [0, 0.1) is 0 Å². The van der Waals surface area contributed by atoms with Crippen molar-refractivity contribution in [1.82, 2.24) is 0 Å². The standard InChI is InChI=1S/C48H36/c1-47(2)42-16-10-9-15-36(42)40-27-45-41(28-44(40)47)37-23-22-32(26-43(37)48(45,3)4)29-17-19-31(20-18-29)46-35-14-8-6-12-33(35)25-39-34-13-7-5-11-30(34)21-24-38(39)46/h5-28H,1-4H3. The molecule has 0 bridgehead atoms. The maximum absolute atomic E-state index is 2.50. The van der Waals surface area contributed by atoms with Gasteiger partial charge in [0.2, 0.25) is 0 Å². The molecule has 0 unspecified atom stereocenters. The lowest BCUT2D eigenvalue weighted by molar-refractivity contribution is 0.652. The third kappa shape index (κ3) is 3.66. The minimum absolute atomic E-state index is 0.00194. The van der Waals surface area contributed by atoms with Crippen LogP contribution in [0.3, 0.4) is 0 Å². The van der Waals surface area contributed by atoms with Crippen LogP contribution in [0.2, 0.25) is 0 Å². The van der Waals surface area contributed by atoms with Gasteiger partial charge in [-0.05, 0) is 123 Å². The first-order valence-corrected chi connectivity index (χ1v) is 17.2. The Bertz CT molecular complexity index is 2650. The highest BCUT2D eigenvalue weighted by molar-refractivity contribution is 6.20. The maximum Gasteiger partial charge on any atom is 0.0159 e. The van der Waals surface area contributed by atoms with Gasteiger partial charge in [0, 0.05) is 10.8 Å². The second kappa shape index (κ2) is 9.55. The zero-order chi connectivity index (χ0) is 32.4. The Morgan fingerprint density at radius 3 is 1.65 bits per heavy atom. The SMILES string of the molecule is CC1(C)c2ccccc2-c2cc3c(cc21)-c1ccc(-c2ccc(-c4c5ccccc5cc5c4ccc4ccccc45)cc2)cc1C3(C)C. The van der Waals surface area contributed by atoms with Gasteiger partial charge in [0.15, 0.2) is 0 Å². The van der Waals surface area contributed by atoms with Gasteiger partial charge in [0.1, 0.15) is 0 Å². The fraction of sp³-hybridized carbons (Fsp3) is 0.125. The summed E-state index contributed by atoms with van der Waals surface area (Å²) in [6.07, 6.45) is 0. The van der Waals surface area contributed by atoms with Crippen molar-refractivity contribution in [3.8, 4) is 44.5 Å². The van der Waals surface area contributed by atoms with Gasteiger partial charge in [-0.15, -0.1) is 0 Å². The van der Waals surface area contributed by atoms with Crippen molar-refractivity contribution in [2.45, 2.75) is 38.5 Å². The van der Waals surface area contributed by atoms with E-state index in [0.717, 1.165) is 0 Å². The van der Waals surface area contributed by atoms with Gasteiger partial charge in [-0.3, -0.25) is 0 Å². The van der Waals surface area contributed by atoms with Crippen molar-refractivity contribution in [3.63, 3.8) is 0 Å². The molecule has 0 aromatic heterocycles. The van der Waals surface area contributed by atoms with Gasteiger partial charge in [0.25, 0.3) is 0 Å². The van der Waals surface area contributed by atoms with E-state index in [-0.39, 0.29) is 10.8 Å². The largest absolute Gasteiger partial charge is 0.0619 e. The Labute approximate surface area is 282 Å². The smallest absolute Gasteiger partial charge is 0.0159 e. The van der Waals surface area contributed by atoms with E-state index >= 15 is 0 Å². The summed E-state index contributed by atoms with van der Waals surface area (Å²) in [6, 6.07) is 54.9. The first kappa shape index (κ1) is 27.6. The predicted octanol–water partition coefficient (Wildman–Crippen LogP) is 13.1. The fourth-order valence-corrected chi connectivity index (χ4v) is 9.07. The van der Waals surface area contributed by atoms with Crippen molar-refractivity contribution >= 4 is 32.3 Å². The van der Waals surface area contributed by atoms with Gasteiger partial charge in [0.05, 0.1) is 0 Å². The van der Waals surface area contributed by atoms with Crippen LogP contribution in [0.5, 0.6) is 0 Å². The van der Waals surface area contributed by atoms with Gasteiger partial charge in [-0.1, -0.05) is 149 Å². The third-order valence-electron chi connectivity index (χ3n) is 11.7. The quantitative estimate of drug-likeness (QED) is 0.135. The fourth-order valence-electron chi connectivity index (χ4n) is 9.07. The molecule has 0 radical (unpaired) electrons. The van der Waals surface area contributed by atoms with Crippen molar-refractivity contribution in [2.75, 3.05) is 0 Å². The lowest BCUT2D eigenvalue weighted by Gasteiger charge is -2.24. The van der Waals surface area contributed by atoms with Crippen molar-refractivity contribution in [1.29, 1.82) is 0 Å². The highest BCUT2D eigenvalue weighted by atomic mass is 14.4. The van der Waals surface area contributed by atoms with E-state index < -0.39 is 0 Å². The Hall–Kier alpha value is -5.46. The molecule has 0 heteroatoms. The molecule has 2 aliphatic carbocycles. The number of fused-ring (bicyclic) bond motifs is 10. The molecule has 0 saturated heterocycles. The Kier molecular flexibility index (Phi) is 5.50. The monoisotopic (exact) mass is 612 g/mol. The third-order valence-corrected chi connectivity index (χ3v) is 11.7. The molecule has 0 N–H and O–H groups in total. The predicted molar refractivity (Wildman–Crippen MR) is 205 cm³/mol. The second-order valence-electron chi connectivity index (χ2n) is 14.9. The van der Waals surface area contributed by atoms with Crippen molar-refractivity contribution < 1.29 is 0 Å². The number of benzene rings is 8. The van der Waals surface area contributed by atoms with Crippen molar-refractivity contribution in [3.05, 3.63) is 168 Å². The zero-order valence-electron chi connectivity index (χ0n) is 27.9. The Balaban J connectivity index is 1.08. The summed E-state index contributed by atoms with van der Waals surface area (Å²) in [5.74, 6) is 0. The van der Waals surface area contributed by atoms with Gasteiger partial charge < -0.3 is 0 Å². The molecule has 0 amide bonds. The average Bonchev–Trinajstić information content (AvgIpc) is 3.48. The molecule has 0 nitrogen and oxygen atoms in total. The van der Waals surface area contributed by atoms with Gasteiger partial charge in [-0.25, -0.2) is 0 Å². The number of rotatable bonds is 2. The first-order valence-electron chi connectivity index (χ1n) is 17.2. The van der Waals surface area contributed by atoms with E-state index in [1.807, 2.05) is 0 Å². The molecule has 0 saturated carbocycles. The Morgan fingerprint density at radius 1 is 0.312 bits per heavy atom. The zero-order valence-corrected chi connectivity index (χ0v) is 27.9. The van der Waals surface area contributed by atoms with Crippen LogP contribution in [0.4, 0.5) is 0 Å². The van der Waals surface area contributed by atoms with Crippen LogP contribution in [-0.4, -0.2) is 0 Å². The molecule has 8 aromatic rings. The summed E-state index contributed by atoms with van der Waals surface area (Å²) in [4.78, 5) is 0. The van der Waals surface area contributed by atoms with Crippen LogP contribution in [0.15, 0.2) is 146 Å². The lowest BCUT2D eigenvalue weighted by atomic mass is 9.79. The highest BCUT2D eigenvalue weighted by Crippen LogP contribution is 2.56. The summed E-state index contributed by atoms with van der Waals surface area (Å²) in [7, 11) is 0. The molecule has 8 aromatic carbocycles. The number of hydrogen-bond acceptors (Lipinski definition) is 0. The molecule has 48 heavy (non-hydrogen) atoms. The first-order chi connectivity index (χ1) is 23.3. The normalized spacial score (nSPS) is 15.0. The molecule has 0 aliphatic heterocycles. The van der Waals surface area contributed by atoms with E-state index in [4.69, 9.17) is 0 Å². The van der Waals surface area contributed by atoms with E-state index in [0.29, 0.717) is 0 Å². The number of hydrogen-bond donors (Lipinski definition) is 0. The van der Waals surface area contributed by atoms with Crippen LogP contribution in [-0.2, 0) is 10.8 Å². The lowest BCUT2D eigenvalue weighted by Crippen LogP contribution is -2.17. The van der Waals surface area contributed by atoms with Gasteiger partial charge in [-0.2, -0.15) is 0 Å². The molecule has 2 aliphatic rings. The van der Waals surface area contributed by atoms with E-state index in [9.17, 15) is 0 Å². The topological polar surface area (TPSA) is 0 Å². The van der Waals surface area contributed by atoms with Crippen LogP contribution >= 0.6 is 0 Å². The van der Waals surface area contributed by atoms with Gasteiger partial charge >= 0.3 is 0 Å². The minimum atomic E-state index is -0.0814. The maximum atomic E-state index is 2.50. The molecule has 0 atom stereocenters. The molecule has 0 fully saturated rings. The Morgan fingerprint density at radius 2 is 0.875 bits per heavy atom. The minimum Gasteiger partial charge on any atom is -0.0619 e. The molecule has 0 spiro atoms. The van der Waals surface area contributed by atoms with Crippen LogP contribution in [0.1, 0.15) is 49.9 Å². The van der Waals surface area contributed by atoms with E-state index in [1.54, 1.807) is 0 Å². The molecular formula is C48H36. The molecular weight excluding hydrogens is 577 g/mol. The summed E-state index contributed by atoms with van der Waals surface area (Å²) in [5.41, 5.74) is 16.3. The highest BCUT2D eigenvalue weighted by Gasteiger charge is 2.41. The van der Waals surface area contributed by atoms with Crippen LogP contribution < -0.4 is 0 Å². The molecule has 228 valence electrons. The average molecular weight is 613 g/mol. The van der Waals surface area contributed by atoms with E-state index in [1.165, 1.54) is 99.1 Å². The molecule has 0 heterocycles. The summed E-state index contributed by atoms with van der Waals surface area (Å²) < 4.78 is 0. The van der Waals surface area contributed by atoms with Crippen molar-refractivity contribution in [2.24, 2.45) is 0 Å². The molecule has 10 rings (SSSR count). The second-order valence-corrected chi connectivity index (χ2v) is 14.9. The summed E-state index contributed by atoms with van der Waals surface area (Å²) >= 11 is 0. The summed E-state index contributed by atoms with van der Waals surface area (Å²) in [6.45, 7) is 9.55. The van der Waals surface area contributed by atoms with E-state index in [2.05, 4.69) is 173 Å². The van der Waals surface area contributed by atoms with Crippen LogP contribution in [0.25, 0.3) is 76.8 Å². The summed E-state index contributed by atoms with van der Waals surface area (Å²) in [5, 5.41) is 7.76.